The number of nitrogens with two attached hydrogens (primary N) is 1. The lowest BCUT2D eigenvalue weighted by atomic mass is 10.6. The first kappa shape index (κ1) is 7.23. The Morgan fingerprint density at radius 2 is 2.30 bits per heavy atom. The molecule has 0 bridgehead atoms. The highest BCUT2D eigenvalue weighted by Crippen LogP contribution is 1.98. The Bertz CT molecular complexity index is 266. The Morgan fingerprint density at radius 3 is 2.60 bits per heavy atom. The summed E-state index contributed by atoms with van der Waals surface area (Å²) in [7, 11) is -3.59. The van der Waals surface area contributed by atoms with E-state index in [1.54, 1.807) is 0 Å². The second-order valence-electron chi connectivity index (χ2n) is 1.75. The average molecular weight is 161 g/mol. The summed E-state index contributed by atoms with van der Waals surface area (Å²) in [6.45, 7) is 0.0787. The Morgan fingerprint density at radius 1 is 1.60 bits per heavy atom. The van der Waals surface area contributed by atoms with Crippen molar-refractivity contribution in [3.05, 3.63) is 12.3 Å². The third-order valence-electron chi connectivity index (χ3n) is 0.992. The van der Waals surface area contributed by atoms with Gasteiger partial charge in [-0.25, -0.2) is 9.44 Å². The van der Waals surface area contributed by atoms with Gasteiger partial charge in [0.2, 0.25) is 0 Å². The van der Waals surface area contributed by atoms with Gasteiger partial charge >= 0.3 is 0 Å². The summed E-state index contributed by atoms with van der Waals surface area (Å²) in [5, 5.41) is 4.78. The maximum atomic E-state index is 10.6. The second kappa shape index (κ2) is 2.39. The molecule has 0 aliphatic carbocycles. The lowest BCUT2D eigenvalue weighted by Gasteiger charge is -2.15. The fourth-order valence-corrected chi connectivity index (χ4v) is 1.00. The minimum absolute atomic E-state index is 0.0787. The zero-order chi connectivity index (χ0) is 7.61. The van der Waals surface area contributed by atoms with E-state index in [9.17, 15) is 8.42 Å². The molecule has 56 valence electrons. The molecule has 10 heavy (non-hydrogen) atoms. The molecule has 0 fully saturated rings. The van der Waals surface area contributed by atoms with Crippen LogP contribution < -0.4 is 5.14 Å². The molecule has 0 saturated carbocycles. The van der Waals surface area contributed by atoms with Crippen LogP contribution in [0.25, 0.3) is 0 Å². The highest BCUT2D eigenvalue weighted by atomic mass is 32.2. The van der Waals surface area contributed by atoms with Gasteiger partial charge in [0.05, 0.1) is 0 Å². The summed E-state index contributed by atoms with van der Waals surface area (Å²) < 4.78 is 22.1. The molecule has 0 aromatic heterocycles. The van der Waals surface area contributed by atoms with Crippen LogP contribution in [0.15, 0.2) is 17.3 Å². The predicted molar refractivity (Wildman–Crippen MR) is 37.4 cm³/mol. The highest BCUT2D eigenvalue weighted by Gasteiger charge is 2.11. The zero-order valence-electron chi connectivity index (χ0n) is 5.14. The molecule has 1 heterocycles. The van der Waals surface area contributed by atoms with E-state index >= 15 is 0 Å². The molecule has 1 rings (SSSR count). The summed E-state index contributed by atoms with van der Waals surface area (Å²) >= 11 is 0. The molecule has 1 aliphatic rings. The molecule has 0 radical (unpaired) electrons. The Kier molecular flexibility index (Phi) is 1.73. The van der Waals surface area contributed by atoms with Crippen LogP contribution in [0, 0.1) is 0 Å². The van der Waals surface area contributed by atoms with Crippen LogP contribution >= 0.6 is 0 Å². The van der Waals surface area contributed by atoms with E-state index in [2.05, 4.69) is 4.99 Å². The number of rotatable bonds is 1. The normalized spacial score (nSPS) is 17.9. The van der Waals surface area contributed by atoms with E-state index < -0.39 is 10.2 Å². The quantitative estimate of drug-likeness (QED) is 0.538. The molecule has 6 heteroatoms. The lowest BCUT2D eigenvalue weighted by Crippen LogP contribution is -2.33. The summed E-state index contributed by atoms with van der Waals surface area (Å²) in [6.07, 6.45) is 4.39. The van der Waals surface area contributed by atoms with E-state index in [-0.39, 0.29) is 6.67 Å². The molecule has 0 amide bonds. The van der Waals surface area contributed by atoms with E-state index in [1.165, 1.54) is 18.5 Å². The molecular weight excluding hydrogens is 154 g/mol. The summed E-state index contributed by atoms with van der Waals surface area (Å²) in [4.78, 5) is 3.68. The third kappa shape index (κ3) is 1.55. The van der Waals surface area contributed by atoms with Gasteiger partial charge in [-0.3, -0.25) is 4.99 Å². The van der Waals surface area contributed by atoms with E-state index in [1.807, 2.05) is 0 Å². The molecule has 1 aliphatic heterocycles. The van der Waals surface area contributed by atoms with Crippen molar-refractivity contribution in [3.8, 4) is 0 Å². The molecule has 0 aromatic rings. The third-order valence-corrected chi connectivity index (χ3v) is 1.88. The zero-order valence-corrected chi connectivity index (χ0v) is 5.95. The van der Waals surface area contributed by atoms with Crippen LogP contribution in [0.3, 0.4) is 0 Å². The Labute approximate surface area is 59.0 Å². The summed E-state index contributed by atoms with van der Waals surface area (Å²) in [6, 6.07) is 0. The Hall–Kier alpha value is -0.880. The van der Waals surface area contributed by atoms with Gasteiger partial charge in [0, 0.05) is 12.4 Å². The van der Waals surface area contributed by atoms with Crippen LogP contribution in [-0.2, 0) is 10.2 Å². The van der Waals surface area contributed by atoms with Crippen molar-refractivity contribution in [2.45, 2.75) is 0 Å². The van der Waals surface area contributed by atoms with Crippen molar-refractivity contribution in [1.82, 2.24) is 4.31 Å². The minimum Gasteiger partial charge on any atom is -0.271 e. The fraction of sp³-hybridized carbons (Fsp3) is 0.250. The van der Waals surface area contributed by atoms with E-state index in [0.717, 1.165) is 4.31 Å². The van der Waals surface area contributed by atoms with Gasteiger partial charge in [-0.15, -0.1) is 0 Å². The van der Waals surface area contributed by atoms with Gasteiger partial charge in [0.25, 0.3) is 10.2 Å². The number of nitrogens with zero attached hydrogens (tertiary/aromatic N) is 2. The maximum absolute atomic E-state index is 10.6. The van der Waals surface area contributed by atoms with E-state index in [0.29, 0.717) is 0 Å². The van der Waals surface area contributed by atoms with Crippen LogP contribution in [0.2, 0.25) is 0 Å². The van der Waals surface area contributed by atoms with Gasteiger partial charge in [0.15, 0.2) is 0 Å². The first-order valence-electron chi connectivity index (χ1n) is 2.57. The van der Waals surface area contributed by atoms with Gasteiger partial charge in [-0.05, 0) is 6.08 Å². The van der Waals surface area contributed by atoms with Crippen LogP contribution in [0.4, 0.5) is 0 Å². The largest absolute Gasteiger partial charge is 0.300 e. The second-order valence-corrected chi connectivity index (χ2v) is 3.25. The van der Waals surface area contributed by atoms with Gasteiger partial charge in [-0.2, -0.15) is 8.42 Å². The highest BCUT2D eigenvalue weighted by molar-refractivity contribution is 7.86. The van der Waals surface area contributed by atoms with Crippen LogP contribution in [-0.4, -0.2) is 25.6 Å². The van der Waals surface area contributed by atoms with Crippen molar-refractivity contribution in [3.63, 3.8) is 0 Å². The van der Waals surface area contributed by atoms with Crippen molar-refractivity contribution >= 4 is 16.4 Å². The number of hydrogen-bond acceptors (Lipinski definition) is 3. The number of allylic oxidation sites excluding steroid dienone is 1. The molecule has 0 spiro atoms. The molecule has 0 aromatic carbocycles. The monoisotopic (exact) mass is 161 g/mol. The lowest BCUT2D eigenvalue weighted by molar-refractivity contribution is 0.506. The maximum Gasteiger partial charge on any atom is 0.300 e. The molecule has 0 atom stereocenters. The number of hydrogen-bond donors (Lipinski definition) is 1. The molecular formula is C4H7N3O2S. The van der Waals surface area contributed by atoms with Crippen molar-refractivity contribution < 1.29 is 8.42 Å². The van der Waals surface area contributed by atoms with Crippen LogP contribution in [0.1, 0.15) is 0 Å². The average Bonchev–Trinajstić information content (AvgIpc) is 1.88. The van der Waals surface area contributed by atoms with Crippen molar-refractivity contribution in [2.24, 2.45) is 10.1 Å². The van der Waals surface area contributed by atoms with Gasteiger partial charge < -0.3 is 0 Å². The molecule has 0 saturated heterocycles. The van der Waals surface area contributed by atoms with Crippen molar-refractivity contribution in [1.29, 1.82) is 0 Å². The van der Waals surface area contributed by atoms with Gasteiger partial charge in [-0.1, -0.05) is 0 Å². The first-order chi connectivity index (χ1) is 4.61. The molecule has 5 nitrogen and oxygen atoms in total. The van der Waals surface area contributed by atoms with E-state index in [4.69, 9.17) is 5.14 Å². The summed E-state index contributed by atoms with van der Waals surface area (Å²) in [5.74, 6) is 0. The number of aliphatic imine (C=N–C) groups is 1. The summed E-state index contributed by atoms with van der Waals surface area (Å²) in [5.41, 5.74) is 0. The molecule has 2 N–H and O–H groups in total. The van der Waals surface area contributed by atoms with Crippen molar-refractivity contribution in [2.75, 3.05) is 6.67 Å². The topological polar surface area (TPSA) is 75.8 Å². The fourth-order valence-electron chi connectivity index (χ4n) is 0.535. The first-order valence-corrected chi connectivity index (χ1v) is 4.07. The minimum atomic E-state index is -3.59. The van der Waals surface area contributed by atoms with Crippen LogP contribution in [0.5, 0.6) is 0 Å². The Balaban J connectivity index is 2.79. The van der Waals surface area contributed by atoms with Gasteiger partial charge in [0.1, 0.15) is 6.67 Å². The predicted octanol–water partition coefficient (Wildman–Crippen LogP) is -0.952. The standard InChI is InChI=1S/C4H7N3O2S/c5-10(8,9)7-3-1-2-6-4-7/h1-3H,4H2,(H2,5,8,9). The SMILES string of the molecule is NS(=O)(=O)N1C=CC=NC1. The smallest absolute Gasteiger partial charge is 0.271 e. The molecule has 0 unspecified atom stereocenters.